The molecule has 29 heavy (non-hydrogen) atoms. The summed E-state index contributed by atoms with van der Waals surface area (Å²) in [6, 6.07) is 23.7. The van der Waals surface area contributed by atoms with E-state index in [0.717, 1.165) is 5.56 Å². The predicted molar refractivity (Wildman–Crippen MR) is 114 cm³/mol. The van der Waals surface area contributed by atoms with Crippen molar-refractivity contribution in [2.24, 2.45) is 0 Å². The van der Waals surface area contributed by atoms with Crippen LogP contribution < -0.4 is 10.9 Å². The predicted octanol–water partition coefficient (Wildman–Crippen LogP) is 4.90. The van der Waals surface area contributed by atoms with Crippen molar-refractivity contribution in [1.29, 1.82) is 0 Å². The first-order valence-corrected chi connectivity index (χ1v) is 9.15. The van der Waals surface area contributed by atoms with E-state index in [2.05, 4.69) is 10.3 Å². The lowest BCUT2D eigenvalue weighted by Crippen LogP contribution is -2.12. The second kappa shape index (κ2) is 7.94. The van der Waals surface area contributed by atoms with Gasteiger partial charge in [0.2, 0.25) is 5.89 Å². The molecular weight excluding hydrogens is 364 g/mol. The number of para-hydroxylation sites is 1. The fourth-order valence-electron chi connectivity index (χ4n) is 2.93. The highest BCUT2D eigenvalue weighted by Gasteiger charge is 2.09. The van der Waals surface area contributed by atoms with E-state index in [-0.39, 0.29) is 11.8 Å². The van der Waals surface area contributed by atoms with Gasteiger partial charge in [0.15, 0.2) is 0 Å². The van der Waals surface area contributed by atoms with Gasteiger partial charge in [-0.05, 0) is 55.0 Å². The first-order valence-electron chi connectivity index (χ1n) is 9.15. The average molecular weight is 382 g/mol. The Labute approximate surface area is 167 Å². The number of fused-ring (bicyclic) bond motifs is 1. The van der Waals surface area contributed by atoms with Gasteiger partial charge < -0.3 is 9.73 Å². The molecule has 0 aliphatic heterocycles. The van der Waals surface area contributed by atoms with E-state index in [1.165, 1.54) is 0 Å². The van der Waals surface area contributed by atoms with E-state index in [0.29, 0.717) is 27.7 Å². The van der Waals surface area contributed by atoms with Crippen molar-refractivity contribution < 1.29 is 9.21 Å². The van der Waals surface area contributed by atoms with Crippen molar-refractivity contribution >= 4 is 28.6 Å². The van der Waals surface area contributed by atoms with Crippen molar-refractivity contribution in [3.8, 4) is 11.5 Å². The van der Waals surface area contributed by atoms with E-state index in [4.69, 9.17) is 4.42 Å². The molecule has 4 rings (SSSR count). The summed E-state index contributed by atoms with van der Waals surface area (Å²) < 4.78 is 5.34. The number of amides is 1. The lowest BCUT2D eigenvalue weighted by Gasteiger charge is -2.07. The summed E-state index contributed by atoms with van der Waals surface area (Å²) in [6.45, 7) is 1.77. The minimum absolute atomic E-state index is 0.183. The molecule has 0 fully saturated rings. The molecule has 0 saturated carbocycles. The molecule has 4 aromatic rings. The summed E-state index contributed by atoms with van der Waals surface area (Å²) in [7, 11) is 0. The fraction of sp³-hybridized carbons (Fsp3) is 0.0417. The standard InChI is InChI=1S/C24H18N2O3/c1-16(15-17-7-3-2-4-8-17)22(27)25-19-13-11-18(12-14-19)23-26-21-10-6-5-9-20(21)24(28)29-23/h2-15H,1H3,(H,25,27)/b16-15+. The highest BCUT2D eigenvalue weighted by atomic mass is 16.4. The van der Waals surface area contributed by atoms with Crippen LogP contribution in [0.1, 0.15) is 12.5 Å². The van der Waals surface area contributed by atoms with Gasteiger partial charge in [-0.25, -0.2) is 9.78 Å². The Morgan fingerprint density at radius 1 is 0.931 bits per heavy atom. The van der Waals surface area contributed by atoms with Crippen LogP contribution in [0.25, 0.3) is 28.4 Å². The zero-order valence-corrected chi connectivity index (χ0v) is 15.8. The third kappa shape index (κ3) is 4.14. The van der Waals surface area contributed by atoms with Gasteiger partial charge >= 0.3 is 5.63 Å². The Balaban J connectivity index is 1.53. The Bertz CT molecular complexity index is 1260. The Morgan fingerprint density at radius 3 is 2.38 bits per heavy atom. The van der Waals surface area contributed by atoms with Crippen molar-refractivity contribution in [2.75, 3.05) is 5.32 Å². The van der Waals surface area contributed by atoms with Crippen LogP contribution in [0, 0.1) is 0 Å². The zero-order valence-electron chi connectivity index (χ0n) is 15.8. The maximum Gasteiger partial charge on any atom is 0.347 e. The Morgan fingerprint density at radius 2 is 1.62 bits per heavy atom. The van der Waals surface area contributed by atoms with Crippen LogP contribution in [0.4, 0.5) is 5.69 Å². The number of carbonyl (C=O) groups excluding carboxylic acids is 1. The second-order valence-electron chi connectivity index (χ2n) is 6.59. The van der Waals surface area contributed by atoms with E-state index >= 15 is 0 Å². The van der Waals surface area contributed by atoms with Gasteiger partial charge in [0.25, 0.3) is 5.91 Å². The van der Waals surface area contributed by atoms with E-state index < -0.39 is 5.63 Å². The molecule has 0 atom stereocenters. The molecule has 0 bridgehead atoms. The van der Waals surface area contributed by atoms with Crippen LogP contribution in [0.3, 0.4) is 0 Å². The SMILES string of the molecule is C/C(=C\c1ccccc1)C(=O)Nc1ccc(-c2nc3ccccc3c(=O)o2)cc1. The normalized spacial score (nSPS) is 11.4. The quantitative estimate of drug-likeness (QED) is 0.510. The van der Waals surface area contributed by atoms with Crippen molar-refractivity contribution in [3.05, 3.63) is 100 Å². The molecule has 5 heteroatoms. The lowest BCUT2D eigenvalue weighted by molar-refractivity contribution is -0.112. The number of nitrogens with zero attached hydrogens (tertiary/aromatic N) is 1. The largest absolute Gasteiger partial charge is 0.403 e. The molecular formula is C24H18N2O3. The Hall–Kier alpha value is -3.99. The summed E-state index contributed by atoms with van der Waals surface area (Å²) in [6.07, 6.45) is 1.83. The number of anilines is 1. The molecule has 5 nitrogen and oxygen atoms in total. The molecule has 0 unspecified atom stereocenters. The van der Waals surface area contributed by atoms with E-state index in [9.17, 15) is 9.59 Å². The zero-order chi connectivity index (χ0) is 20.2. The first kappa shape index (κ1) is 18.4. The maximum atomic E-state index is 12.4. The summed E-state index contributed by atoms with van der Waals surface area (Å²) in [4.78, 5) is 29.0. The monoisotopic (exact) mass is 382 g/mol. The number of hydrogen-bond acceptors (Lipinski definition) is 4. The number of benzene rings is 3. The summed E-state index contributed by atoms with van der Waals surface area (Å²) in [5.41, 5.74) is 3.02. The number of aromatic nitrogens is 1. The molecule has 0 aliphatic carbocycles. The summed E-state index contributed by atoms with van der Waals surface area (Å²) in [5.74, 6) is 0.0590. The molecule has 0 aliphatic rings. The second-order valence-corrected chi connectivity index (χ2v) is 6.59. The van der Waals surface area contributed by atoms with Gasteiger partial charge in [-0.2, -0.15) is 0 Å². The smallest absolute Gasteiger partial charge is 0.347 e. The van der Waals surface area contributed by atoms with E-state index in [1.54, 1.807) is 49.4 Å². The molecule has 0 spiro atoms. The number of hydrogen-bond donors (Lipinski definition) is 1. The van der Waals surface area contributed by atoms with Crippen LogP contribution in [-0.4, -0.2) is 10.9 Å². The fourth-order valence-corrected chi connectivity index (χ4v) is 2.93. The van der Waals surface area contributed by atoms with Gasteiger partial charge in [0.1, 0.15) is 0 Å². The molecule has 1 N–H and O–H groups in total. The van der Waals surface area contributed by atoms with Crippen molar-refractivity contribution in [2.45, 2.75) is 6.92 Å². The highest BCUT2D eigenvalue weighted by molar-refractivity contribution is 6.06. The number of nitrogens with one attached hydrogen (secondary N) is 1. The van der Waals surface area contributed by atoms with Crippen LogP contribution in [-0.2, 0) is 4.79 Å². The van der Waals surface area contributed by atoms with E-state index in [1.807, 2.05) is 42.5 Å². The summed E-state index contributed by atoms with van der Waals surface area (Å²) >= 11 is 0. The lowest BCUT2D eigenvalue weighted by atomic mass is 10.1. The van der Waals surface area contributed by atoms with Crippen LogP contribution in [0.15, 0.2) is 93.6 Å². The molecule has 0 saturated heterocycles. The maximum absolute atomic E-state index is 12.4. The van der Waals surface area contributed by atoms with Crippen LogP contribution >= 0.6 is 0 Å². The molecule has 1 heterocycles. The van der Waals surface area contributed by atoms with Gasteiger partial charge in [-0.1, -0.05) is 42.5 Å². The molecule has 1 aromatic heterocycles. The average Bonchev–Trinajstić information content (AvgIpc) is 2.75. The minimum Gasteiger partial charge on any atom is -0.403 e. The highest BCUT2D eigenvalue weighted by Crippen LogP contribution is 2.21. The number of rotatable bonds is 4. The van der Waals surface area contributed by atoms with Gasteiger partial charge in [0.05, 0.1) is 10.9 Å². The topological polar surface area (TPSA) is 72.2 Å². The first-order chi connectivity index (χ1) is 14.1. The van der Waals surface area contributed by atoms with Crippen molar-refractivity contribution in [1.82, 2.24) is 4.98 Å². The minimum atomic E-state index is -0.426. The molecule has 0 radical (unpaired) electrons. The van der Waals surface area contributed by atoms with Crippen LogP contribution in [0.2, 0.25) is 0 Å². The van der Waals surface area contributed by atoms with Crippen molar-refractivity contribution in [3.63, 3.8) is 0 Å². The van der Waals surface area contributed by atoms with Gasteiger partial charge in [-0.15, -0.1) is 0 Å². The van der Waals surface area contributed by atoms with Gasteiger partial charge in [-0.3, -0.25) is 4.79 Å². The molecule has 1 amide bonds. The molecule has 3 aromatic carbocycles. The Kier molecular flexibility index (Phi) is 5.03. The third-order valence-corrected chi connectivity index (χ3v) is 4.47. The third-order valence-electron chi connectivity index (χ3n) is 4.47. The number of carbonyl (C=O) groups is 1. The van der Waals surface area contributed by atoms with Crippen LogP contribution in [0.5, 0.6) is 0 Å². The summed E-state index contributed by atoms with van der Waals surface area (Å²) in [5, 5.41) is 3.31. The van der Waals surface area contributed by atoms with Gasteiger partial charge in [0, 0.05) is 16.8 Å². The molecule has 142 valence electrons.